The fourth-order valence-corrected chi connectivity index (χ4v) is 4.76. The highest BCUT2D eigenvalue weighted by molar-refractivity contribution is 5.68. The number of rotatable bonds is 11. The Labute approximate surface area is 244 Å². The number of furan rings is 1. The van der Waals surface area contributed by atoms with Gasteiger partial charge in [0.1, 0.15) is 5.76 Å². The molecule has 0 unspecified atom stereocenters. The van der Waals surface area contributed by atoms with Gasteiger partial charge in [0.25, 0.3) is 0 Å². The maximum atomic E-state index is 5.57. The van der Waals surface area contributed by atoms with Crippen LogP contribution >= 0.6 is 0 Å². The van der Waals surface area contributed by atoms with E-state index in [0.29, 0.717) is 25.0 Å². The van der Waals surface area contributed by atoms with Gasteiger partial charge in [0.15, 0.2) is 0 Å². The molecule has 0 amide bonds. The molecule has 0 radical (unpaired) electrons. The van der Waals surface area contributed by atoms with Gasteiger partial charge in [-0.2, -0.15) is 15.0 Å². The van der Waals surface area contributed by atoms with Gasteiger partial charge < -0.3 is 24.7 Å². The quantitative estimate of drug-likeness (QED) is 0.226. The minimum absolute atomic E-state index is 0.234. The summed E-state index contributed by atoms with van der Waals surface area (Å²) in [7, 11) is 0. The summed E-state index contributed by atoms with van der Waals surface area (Å²) in [5.41, 5.74) is 3.96. The predicted molar refractivity (Wildman–Crippen MR) is 162 cm³/mol. The lowest BCUT2D eigenvalue weighted by atomic mass is 10.1. The lowest BCUT2D eigenvalue weighted by molar-refractivity contribution is 0.248. The zero-order valence-electron chi connectivity index (χ0n) is 23.5. The van der Waals surface area contributed by atoms with Gasteiger partial charge in [-0.05, 0) is 42.8 Å². The Morgan fingerprint density at radius 2 is 1.71 bits per heavy atom. The molecule has 0 atom stereocenters. The van der Waals surface area contributed by atoms with Crippen LogP contribution in [-0.4, -0.2) is 62.6 Å². The van der Waals surface area contributed by atoms with Crippen molar-refractivity contribution in [3.63, 3.8) is 0 Å². The number of hydrogen-bond acceptors (Lipinski definition) is 11. The Hall–Kier alpha value is -5.03. The summed E-state index contributed by atoms with van der Waals surface area (Å²) in [6.45, 7) is 7.43. The van der Waals surface area contributed by atoms with Crippen LogP contribution in [0.2, 0.25) is 0 Å². The Kier molecular flexibility index (Phi) is 8.46. The van der Waals surface area contributed by atoms with Crippen LogP contribution in [0.25, 0.3) is 11.3 Å². The molecule has 1 saturated heterocycles. The number of anilines is 4. The molecule has 6 rings (SSSR count). The molecular formula is C31H33N9O2. The number of hydrogen-bond donors (Lipinski definition) is 2. The number of nitrogens with zero attached hydrogens (tertiary/aromatic N) is 7. The van der Waals surface area contributed by atoms with E-state index >= 15 is 0 Å². The number of benzene rings is 2. The van der Waals surface area contributed by atoms with Crippen molar-refractivity contribution in [2.75, 3.05) is 48.3 Å². The zero-order chi connectivity index (χ0) is 28.6. The van der Waals surface area contributed by atoms with Crippen molar-refractivity contribution in [3.8, 4) is 17.3 Å². The van der Waals surface area contributed by atoms with E-state index in [1.54, 1.807) is 6.26 Å². The third-order valence-electron chi connectivity index (χ3n) is 6.85. The van der Waals surface area contributed by atoms with E-state index in [1.165, 1.54) is 5.56 Å². The van der Waals surface area contributed by atoms with Crippen LogP contribution in [0.4, 0.5) is 23.5 Å². The molecule has 42 heavy (non-hydrogen) atoms. The van der Waals surface area contributed by atoms with Crippen molar-refractivity contribution in [2.24, 2.45) is 0 Å². The molecule has 0 saturated carbocycles. The zero-order valence-corrected chi connectivity index (χ0v) is 23.5. The van der Waals surface area contributed by atoms with Gasteiger partial charge in [0, 0.05) is 50.2 Å². The highest BCUT2D eigenvalue weighted by atomic mass is 16.5. The molecule has 0 aliphatic carbocycles. The standard InChI is InChI=1S/C31H33N9O2/c1-2-41-31-37-28(33-21-26-12-7-19-42-26)36-29(38-31)34-25-11-6-10-24(20-25)27-13-14-32-30(35-27)40-17-15-39(16-18-40)22-23-8-4-3-5-9-23/h3-14,19-20H,2,15-18,21-22H2,1H3,(H2,33,34,36,37,38). The summed E-state index contributed by atoms with van der Waals surface area (Å²) in [5, 5.41) is 6.44. The summed E-state index contributed by atoms with van der Waals surface area (Å²) in [6.07, 6.45) is 3.45. The summed E-state index contributed by atoms with van der Waals surface area (Å²) >= 11 is 0. The summed E-state index contributed by atoms with van der Waals surface area (Å²) in [4.78, 5) is 27.5. The van der Waals surface area contributed by atoms with E-state index in [9.17, 15) is 0 Å². The van der Waals surface area contributed by atoms with Crippen LogP contribution in [0, 0.1) is 0 Å². The van der Waals surface area contributed by atoms with Gasteiger partial charge in [0.2, 0.25) is 17.8 Å². The smallest absolute Gasteiger partial charge is 0.323 e. The molecule has 1 aliphatic rings. The fraction of sp³-hybridized carbons (Fsp3) is 0.258. The van der Waals surface area contributed by atoms with Crippen molar-refractivity contribution >= 4 is 23.5 Å². The average Bonchev–Trinajstić information content (AvgIpc) is 3.55. The molecule has 214 valence electrons. The molecular weight excluding hydrogens is 530 g/mol. The van der Waals surface area contributed by atoms with Gasteiger partial charge >= 0.3 is 6.01 Å². The van der Waals surface area contributed by atoms with Gasteiger partial charge in [-0.1, -0.05) is 42.5 Å². The van der Waals surface area contributed by atoms with Crippen LogP contribution in [0.3, 0.4) is 0 Å². The Bertz CT molecular complexity index is 1570. The first kappa shape index (κ1) is 27.2. The molecule has 2 N–H and O–H groups in total. The Balaban J connectivity index is 1.13. The van der Waals surface area contributed by atoms with Gasteiger partial charge in [-0.3, -0.25) is 4.90 Å². The van der Waals surface area contributed by atoms with Crippen LogP contribution in [0.5, 0.6) is 6.01 Å². The SMILES string of the molecule is CCOc1nc(NCc2ccco2)nc(Nc2cccc(-c3ccnc(N4CCN(Cc5ccccc5)CC4)n3)c2)n1. The Morgan fingerprint density at radius 3 is 2.52 bits per heavy atom. The fourth-order valence-electron chi connectivity index (χ4n) is 4.76. The van der Waals surface area contributed by atoms with Crippen molar-refractivity contribution < 1.29 is 9.15 Å². The third-order valence-corrected chi connectivity index (χ3v) is 6.85. The van der Waals surface area contributed by atoms with E-state index in [4.69, 9.17) is 14.1 Å². The molecule has 2 aromatic carbocycles. The lowest BCUT2D eigenvalue weighted by Crippen LogP contribution is -2.46. The van der Waals surface area contributed by atoms with Gasteiger partial charge in [-0.15, -0.1) is 0 Å². The second-order valence-electron chi connectivity index (χ2n) is 9.83. The largest absolute Gasteiger partial charge is 0.467 e. The normalized spacial score (nSPS) is 13.6. The molecule has 0 bridgehead atoms. The van der Waals surface area contributed by atoms with Crippen LogP contribution < -0.4 is 20.3 Å². The van der Waals surface area contributed by atoms with Crippen LogP contribution in [-0.2, 0) is 13.1 Å². The predicted octanol–water partition coefficient (Wildman–Crippen LogP) is 5.00. The molecule has 3 aromatic heterocycles. The minimum Gasteiger partial charge on any atom is -0.467 e. The first-order valence-corrected chi connectivity index (χ1v) is 14.1. The minimum atomic E-state index is 0.234. The number of nitrogens with one attached hydrogen (secondary N) is 2. The van der Waals surface area contributed by atoms with Gasteiger partial charge in [0.05, 0.1) is 25.1 Å². The van der Waals surface area contributed by atoms with E-state index in [1.807, 2.05) is 55.6 Å². The van der Waals surface area contributed by atoms with E-state index in [0.717, 1.165) is 61.4 Å². The maximum absolute atomic E-state index is 5.57. The van der Waals surface area contributed by atoms with Crippen LogP contribution in [0.15, 0.2) is 89.7 Å². The molecule has 0 spiro atoms. The molecule has 1 aliphatic heterocycles. The molecule has 5 aromatic rings. The van der Waals surface area contributed by atoms with Gasteiger partial charge in [-0.25, -0.2) is 9.97 Å². The highest BCUT2D eigenvalue weighted by Gasteiger charge is 2.19. The second-order valence-corrected chi connectivity index (χ2v) is 9.83. The summed E-state index contributed by atoms with van der Waals surface area (Å²) in [6, 6.07) is 24.5. The average molecular weight is 564 g/mol. The lowest BCUT2D eigenvalue weighted by Gasteiger charge is -2.34. The second kappa shape index (κ2) is 13.1. The highest BCUT2D eigenvalue weighted by Crippen LogP contribution is 2.25. The molecule has 11 heteroatoms. The summed E-state index contributed by atoms with van der Waals surface area (Å²) < 4.78 is 11.0. The maximum Gasteiger partial charge on any atom is 0.323 e. The van der Waals surface area contributed by atoms with E-state index in [2.05, 4.69) is 70.7 Å². The van der Waals surface area contributed by atoms with Crippen molar-refractivity contribution in [3.05, 3.63) is 96.6 Å². The van der Waals surface area contributed by atoms with Crippen molar-refractivity contribution in [2.45, 2.75) is 20.0 Å². The van der Waals surface area contributed by atoms with Crippen molar-refractivity contribution in [1.82, 2.24) is 29.8 Å². The number of aromatic nitrogens is 5. The molecule has 11 nitrogen and oxygen atoms in total. The summed E-state index contributed by atoms with van der Waals surface area (Å²) in [5.74, 6) is 2.27. The number of ether oxygens (including phenoxy) is 1. The topological polar surface area (TPSA) is 117 Å². The number of piperazine rings is 1. The third kappa shape index (κ3) is 6.99. The molecule has 1 fully saturated rings. The van der Waals surface area contributed by atoms with Crippen molar-refractivity contribution in [1.29, 1.82) is 0 Å². The van der Waals surface area contributed by atoms with Crippen LogP contribution in [0.1, 0.15) is 18.2 Å². The van der Waals surface area contributed by atoms with E-state index < -0.39 is 0 Å². The monoisotopic (exact) mass is 563 g/mol. The Morgan fingerprint density at radius 1 is 0.857 bits per heavy atom. The molecule has 4 heterocycles. The first-order chi connectivity index (χ1) is 20.7. The van der Waals surface area contributed by atoms with E-state index in [-0.39, 0.29) is 6.01 Å². The first-order valence-electron chi connectivity index (χ1n) is 14.1.